The Kier molecular flexibility index (Phi) is 9.44. The van der Waals surface area contributed by atoms with Crippen molar-refractivity contribution in [1.29, 1.82) is 0 Å². The van der Waals surface area contributed by atoms with Crippen molar-refractivity contribution in [2.75, 3.05) is 53.6 Å². The average Bonchev–Trinajstić information content (AvgIpc) is 3.00. The lowest BCUT2D eigenvalue weighted by Crippen LogP contribution is -2.45. The molecule has 2 rings (SSSR count). The van der Waals surface area contributed by atoms with E-state index in [1.54, 1.807) is 7.11 Å². The molecule has 2 atom stereocenters. The number of aliphatic imine (C=N–C) groups is 1. The third kappa shape index (κ3) is 5.68. The molecule has 0 bridgehead atoms. The number of hydrogen-bond donors (Lipinski definition) is 1. The number of guanidine groups is 1. The second-order valence-corrected chi connectivity index (χ2v) is 6.68. The Morgan fingerprint density at radius 2 is 2.00 bits per heavy atom. The predicted octanol–water partition coefficient (Wildman–Crippen LogP) is 1.51. The number of likely N-dealkylation sites (tertiary alicyclic amines) is 1. The normalized spacial score (nSPS) is 26.1. The van der Waals surface area contributed by atoms with Gasteiger partial charge in [0.2, 0.25) is 0 Å². The van der Waals surface area contributed by atoms with Gasteiger partial charge in [-0.05, 0) is 12.8 Å². The number of nitrogens with zero attached hydrogens (tertiary/aromatic N) is 2. The summed E-state index contributed by atoms with van der Waals surface area (Å²) in [7, 11) is 3.20. The first-order chi connectivity index (χ1) is 11.5. The topological polar surface area (TPSA) is 72.4 Å². The minimum absolute atomic E-state index is 0. The smallest absolute Gasteiger partial charge is 0.310 e. The Balaban J connectivity index is 0.00000312. The Morgan fingerprint density at radius 3 is 2.56 bits per heavy atom. The molecule has 2 aliphatic heterocycles. The third-order valence-corrected chi connectivity index (χ3v) is 5.10. The molecular weight excluding hydrogens is 437 g/mol. The van der Waals surface area contributed by atoms with E-state index in [4.69, 9.17) is 19.2 Å². The lowest BCUT2D eigenvalue weighted by Gasteiger charge is -2.35. The summed E-state index contributed by atoms with van der Waals surface area (Å²) < 4.78 is 16.1. The van der Waals surface area contributed by atoms with E-state index in [0.717, 1.165) is 31.9 Å². The largest absolute Gasteiger partial charge is 0.469 e. The van der Waals surface area contributed by atoms with Crippen LogP contribution in [0.2, 0.25) is 0 Å². The van der Waals surface area contributed by atoms with Crippen molar-refractivity contribution in [2.24, 2.45) is 16.8 Å². The van der Waals surface area contributed by atoms with E-state index < -0.39 is 0 Å². The molecule has 0 aliphatic carbocycles. The summed E-state index contributed by atoms with van der Waals surface area (Å²) in [4.78, 5) is 18.9. The number of methoxy groups -OCH3 is 2. The average molecular weight is 469 g/mol. The maximum atomic E-state index is 11.9. The number of carbonyl (C=O) groups excluding carboxylic acids is 1. The van der Waals surface area contributed by atoms with Gasteiger partial charge in [0.25, 0.3) is 0 Å². The second kappa shape index (κ2) is 10.5. The molecule has 1 N–H and O–H groups in total. The molecule has 7 nitrogen and oxygen atoms in total. The first-order valence-corrected chi connectivity index (χ1v) is 8.79. The minimum Gasteiger partial charge on any atom is -0.469 e. The fourth-order valence-corrected chi connectivity index (χ4v) is 3.41. The van der Waals surface area contributed by atoms with Crippen LogP contribution in [0.3, 0.4) is 0 Å². The van der Waals surface area contributed by atoms with Crippen LogP contribution in [0.15, 0.2) is 4.99 Å². The second-order valence-electron chi connectivity index (χ2n) is 6.68. The summed E-state index contributed by atoms with van der Waals surface area (Å²) in [5, 5.41) is 3.34. The first kappa shape index (κ1) is 22.4. The SMILES string of the molecule is CCNC(=NCC1(OC)CCOCC1)N1CC(C)C(C(=O)OC)C1.I. The van der Waals surface area contributed by atoms with Crippen molar-refractivity contribution in [2.45, 2.75) is 32.3 Å². The molecular formula is C17H32IN3O4. The molecule has 0 radical (unpaired) electrons. The summed E-state index contributed by atoms with van der Waals surface area (Å²) in [5.41, 5.74) is -0.244. The maximum absolute atomic E-state index is 11.9. The van der Waals surface area contributed by atoms with Gasteiger partial charge in [0.1, 0.15) is 0 Å². The fraction of sp³-hybridized carbons (Fsp3) is 0.882. The molecule has 8 heteroatoms. The molecule has 0 aromatic carbocycles. The predicted molar refractivity (Wildman–Crippen MR) is 107 cm³/mol. The number of halogens is 1. The number of hydrogen-bond acceptors (Lipinski definition) is 5. The minimum atomic E-state index is -0.244. The van der Waals surface area contributed by atoms with E-state index in [-0.39, 0.29) is 47.4 Å². The highest BCUT2D eigenvalue weighted by atomic mass is 127. The van der Waals surface area contributed by atoms with Crippen LogP contribution in [-0.2, 0) is 19.0 Å². The molecule has 0 spiro atoms. The monoisotopic (exact) mass is 469 g/mol. The summed E-state index contributed by atoms with van der Waals surface area (Å²) >= 11 is 0. The molecule has 2 saturated heterocycles. The Bertz CT molecular complexity index is 455. The van der Waals surface area contributed by atoms with Gasteiger partial charge in [-0.15, -0.1) is 24.0 Å². The van der Waals surface area contributed by atoms with Crippen molar-refractivity contribution in [3.05, 3.63) is 0 Å². The highest BCUT2D eigenvalue weighted by molar-refractivity contribution is 14.0. The zero-order chi connectivity index (χ0) is 17.6. The third-order valence-electron chi connectivity index (χ3n) is 5.10. The van der Waals surface area contributed by atoms with Crippen LogP contribution in [0, 0.1) is 11.8 Å². The van der Waals surface area contributed by atoms with Crippen LogP contribution in [0.4, 0.5) is 0 Å². The number of ether oxygens (including phenoxy) is 3. The lowest BCUT2D eigenvalue weighted by molar-refractivity contribution is -0.146. The highest BCUT2D eigenvalue weighted by Gasteiger charge is 2.38. The molecule has 25 heavy (non-hydrogen) atoms. The molecule has 0 amide bonds. The Labute approximate surface area is 167 Å². The highest BCUT2D eigenvalue weighted by Crippen LogP contribution is 2.26. The van der Waals surface area contributed by atoms with Crippen LogP contribution >= 0.6 is 24.0 Å². The Morgan fingerprint density at radius 1 is 1.32 bits per heavy atom. The van der Waals surface area contributed by atoms with Crippen molar-refractivity contribution >= 4 is 35.9 Å². The maximum Gasteiger partial charge on any atom is 0.310 e. The van der Waals surface area contributed by atoms with E-state index in [0.29, 0.717) is 26.3 Å². The van der Waals surface area contributed by atoms with Crippen LogP contribution in [0.5, 0.6) is 0 Å². The first-order valence-electron chi connectivity index (χ1n) is 8.79. The summed E-state index contributed by atoms with van der Waals surface area (Å²) in [6.07, 6.45) is 1.71. The summed E-state index contributed by atoms with van der Waals surface area (Å²) in [6.45, 7) is 8.39. The molecule has 146 valence electrons. The van der Waals surface area contributed by atoms with Gasteiger partial charge in [0.15, 0.2) is 5.96 Å². The van der Waals surface area contributed by atoms with Gasteiger partial charge >= 0.3 is 5.97 Å². The van der Waals surface area contributed by atoms with Crippen LogP contribution < -0.4 is 5.32 Å². The fourth-order valence-electron chi connectivity index (χ4n) is 3.41. The zero-order valence-corrected chi connectivity index (χ0v) is 18.1. The summed E-state index contributed by atoms with van der Waals surface area (Å²) in [6, 6.07) is 0. The van der Waals surface area contributed by atoms with Crippen molar-refractivity contribution in [1.82, 2.24) is 10.2 Å². The Hall–Kier alpha value is -0.610. The van der Waals surface area contributed by atoms with E-state index in [1.807, 2.05) is 6.92 Å². The van der Waals surface area contributed by atoms with E-state index >= 15 is 0 Å². The molecule has 2 unspecified atom stereocenters. The number of esters is 1. The van der Waals surface area contributed by atoms with Crippen LogP contribution in [-0.4, -0.2) is 76.0 Å². The van der Waals surface area contributed by atoms with Crippen molar-refractivity contribution in [3.8, 4) is 0 Å². The van der Waals surface area contributed by atoms with E-state index in [1.165, 1.54) is 7.11 Å². The quantitative estimate of drug-likeness (QED) is 0.285. The lowest BCUT2D eigenvalue weighted by atomic mass is 9.94. The van der Waals surface area contributed by atoms with Crippen LogP contribution in [0.1, 0.15) is 26.7 Å². The molecule has 2 aliphatic rings. The van der Waals surface area contributed by atoms with Crippen molar-refractivity contribution in [3.63, 3.8) is 0 Å². The van der Waals surface area contributed by atoms with Gasteiger partial charge in [0, 0.05) is 52.8 Å². The van der Waals surface area contributed by atoms with Gasteiger partial charge in [-0.2, -0.15) is 0 Å². The number of rotatable bonds is 5. The molecule has 0 aromatic heterocycles. The van der Waals surface area contributed by atoms with E-state index in [9.17, 15) is 4.79 Å². The van der Waals surface area contributed by atoms with Gasteiger partial charge in [-0.1, -0.05) is 6.92 Å². The molecule has 2 heterocycles. The summed E-state index contributed by atoms with van der Waals surface area (Å²) in [5.74, 6) is 0.858. The molecule has 0 saturated carbocycles. The molecule has 2 fully saturated rings. The molecule has 0 aromatic rings. The van der Waals surface area contributed by atoms with Gasteiger partial charge in [-0.3, -0.25) is 9.79 Å². The van der Waals surface area contributed by atoms with Gasteiger partial charge in [-0.25, -0.2) is 0 Å². The number of carbonyl (C=O) groups is 1. The number of nitrogens with one attached hydrogen (secondary N) is 1. The van der Waals surface area contributed by atoms with Crippen molar-refractivity contribution < 1.29 is 19.0 Å². The van der Waals surface area contributed by atoms with Gasteiger partial charge < -0.3 is 24.4 Å². The van der Waals surface area contributed by atoms with Crippen LogP contribution in [0.25, 0.3) is 0 Å². The zero-order valence-electron chi connectivity index (χ0n) is 15.7. The van der Waals surface area contributed by atoms with Gasteiger partial charge in [0.05, 0.1) is 25.2 Å². The standard InChI is InChI=1S/C17H31N3O4.HI/c1-5-18-16(19-12-17(23-4)6-8-24-9-7-17)20-10-13(2)14(11-20)15(21)22-3;/h13-14H,5-12H2,1-4H3,(H,18,19);1H. The van der Waals surface area contributed by atoms with E-state index in [2.05, 4.69) is 17.1 Å².